The number of thiazole rings is 1. The Morgan fingerprint density at radius 2 is 2.07 bits per heavy atom. The van der Waals surface area contributed by atoms with E-state index in [9.17, 15) is 4.79 Å². The predicted molar refractivity (Wildman–Crippen MR) is 56.8 cm³/mol. The highest BCUT2D eigenvalue weighted by atomic mass is 32.2. The summed E-state index contributed by atoms with van der Waals surface area (Å²) in [5.74, 6) is -0.513. The van der Waals surface area contributed by atoms with Crippen molar-refractivity contribution in [3.8, 4) is 0 Å². The number of carbonyl (C=O) groups excluding carboxylic acids is 1. The van der Waals surface area contributed by atoms with E-state index < -0.39 is 5.91 Å². The van der Waals surface area contributed by atoms with E-state index in [0.717, 1.165) is 4.21 Å². The van der Waals surface area contributed by atoms with Gasteiger partial charge in [-0.25, -0.2) is 15.0 Å². The van der Waals surface area contributed by atoms with Crippen LogP contribution in [0.15, 0.2) is 34.0 Å². The molecule has 0 spiro atoms. The summed E-state index contributed by atoms with van der Waals surface area (Å²) in [5, 5.41) is 0.922. The minimum absolute atomic E-state index is 0.299. The smallest absolute Gasteiger partial charge is 0.277 e. The monoisotopic (exact) mass is 238 g/mol. The van der Waals surface area contributed by atoms with E-state index in [1.807, 2.05) is 0 Å². The van der Waals surface area contributed by atoms with Gasteiger partial charge < -0.3 is 5.73 Å². The van der Waals surface area contributed by atoms with Crippen LogP contribution < -0.4 is 5.73 Å². The molecule has 0 radical (unpaired) electrons. The summed E-state index contributed by atoms with van der Waals surface area (Å²) in [5.41, 5.74) is 5.09. The Hall–Kier alpha value is -1.47. The molecule has 0 bridgehead atoms. The first-order valence-electron chi connectivity index (χ1n) is 3.96. The molecule has 0 aliphatic rings. The quantitative estimate of drug-likeness (QED) is 0.812. The predicted octanol–water partition coefficient (Wildman–Crippen LogP) is 1.18. The second-order valence-corrected chi connectivity index (χ2v) is 4.78. The summed E-state index contributed by atoms with van der Waals surface area (Å²) in [6, 6.07) is 1.74. The zero-order valence-corrected chi connectivity index (χ0v) is 9.09. The van der Waals surface area contributed by atoms with Crippen LogP contribution in [-0.4, -0.2) is 20.9 Å². The van der Waals surface area contributed by atoms with Gasteiger partial charge in [-0.2, -0.15) is 0 Å². The van der Waals surface area contributed by atoms with Crippen molar-refractivity contribution in [1.29, 1.82) is 0 Å². The second kappa shape index (κ2) is 4.37. The van der Waals surface area contributed by atoms with E-state index in [1.54, 1.807) is 24.7 Å². The number of primary amides is 1. The number of hydrogen-bond donors (Lipinski definition) is 1. The molecule has 0 saturated heterocycles. The molecule has 0 fully saturated rings. The lowest BCUT2D eigenvalue weighted by Gasteiger charge is -1.92. The first-order valence-corrected chi connectivity index (χ1v) is 5.59. The lowest BCUT2D eigenvalue weighted by atomic mass is 10.7. The van der Waals surface area contributed by atoms with Crippen molar-refractivity contribution >= 4 is 29.0 Å². The van der Waals surface area contributed by atoms with Gasteiger partial charge in [-0.05, 0) is 17.8 Å². The Labute approximate surface area is 93.8 Å². The third-order valence-electron chi connectivity index (χ3n) is 1.43. The van der Waals surface area contributed by atoms with Gasteiger partial charge in [0.1, 0.15) is 0 Å². The highest BCUT2D eigenvalue weighted by Crippen LogP contribution is 2.29. The maximum Gasteiger partial charge on any atom is 0.277 e. The van der Waals surface area contributed by atoms with E-state index >= 15 is 0 Å². The lowest BCUT2D eigenvalue weighted by Crippen LogP contribution is -2.09. The molecule has 0 atom stereocenters. The molecule has 76 valence electrons. The summed E-state index contributed by atoms with van der Waals surface area (Å²) in [4.78, 5) is 22.8. The Morgan fingerprint density at radius 3 is 2.67 bits per heavy atom. The Balaban J connectivity index is 2.15. The maximum atomic E-state index is 10.8. The van der Waals surface area contributed by atoms with Gasteiger partial charge in [0.25, 0.3) is 5.91 Å². The van der Waals surface area contributed by atoms with Gasteiger partial charge in [0, 0.05) is 12.4 Å². The minimum Gasteiger partial charge on any atom is -0.364 e. The van der Waals surface area contributed by atoms with E-state index in [-0.39, 0.29) is 0 Å². The van der Waals surface area contributed by atoms with Crippen LogP contribution in [0.3, 0.4) is 0 Å². The molecule has 0 aromatic carbocycles. The third-order valence-corrected chi connectivity index (χ3v) is 3.44. The van der Waals surface area contributed by atoms with Crippen LogP contribution >= 0.6 is 23.1 Å². The van der Waals surface area contributed by atoms with Crippen LogP contribution in [0.25, 0.3) is 0 Å². The molecule has 0 aliphatic carbocycles. The molecule has 7 heteroatoms. The number of carbonyl (C=O) groups is 1. The summed E-state index contributed by atoms with van der Waals surface area (Å²) in [6.45, 7) is 0. The van der Waals surface area contributed by atoms with Gasteiger partial charge >= 0.3 is 0 Å². The molecule has 2 aromatic heterocycles. The van der Waals surface area contributed by atoms with Gasteiger partial charge in [-0.15, -0.1) is 11.3 Å². The van der Waals surface area contributed by atoms with Gasteiger partial charge in [-0.1, -0.05) is 0 Å². The number of nitrogens with two attached hydrogens (primary N) is 1. The normalized spacial score (nSPS) is 10.1. The molecule has 0 aliphatic heterocycles. The van der Waals surface area contributed by atoms with Crippen molar-refractivity contribution in [2.24, 2.45) is 5.73 Å². The Morgan fingerprint density at radius 1 is 1.33 bits per heavy atom. The number of amides is 1. The molecule has 1 amide bonds. The fourth-order valence-corrected chi connectivity index (χ4v) is 2.49. The van der Waals surface area contributed by atoms with Gasteiger partial charge in [0.15, 0.2) is 10.2 Å². The number of nitrogens with zero attached hydrogens (tertiary/aromatic N) is 3. The molecular weight excluding hydrogens is 232 g/mol. The van der Waals surface area contributed by atoms with Crippen molar-refractivity contribution in [2.45, 2.75) is 9.37 Å². The number of rotatable bonds is 3. The molecule has 2 aromatic rings. The maximum absolute atomic E-state index is 10.8. The summed E-state index contributed by atoms with van der Waals surface area (Å²) in [7, 11) is 0. The van der Waals surface area contributed by atoms with Crippen molar-refractivity contribution in [1.82, 2.24) is 15.0 Å². The fraction of sp³-hybridized carbons (Fsp3) is 0. The summed E-state index contributed by atoms with van der Waals surface area (Å²) in [6.07, 6.45) is 4.91. The molecule has 5 nitrogen and oxygen atoms in total. The highest BCUT2D eigenvalue weighted by Gasteiger charge is 2.08. The zero-order chi connectivity index (χ0) is 10.7. The lowest BCUT2D eigenvalue weighted by molar-refractivity contribution is 0.1000. The SMILES string of the molecule is NC(=O)c1ncc(Sc2ncccn2)s1. The molecule has 2 rings (SSSR count). The minimum atomic E-state index is -0.513. The molecular formula is C8H6N4OS2. The summed E-state index contributed by atoms with van der Waals surface area (Å²) >= 11 is 2.58. The molecule has 0 saturated carbocycles. The van der Waals surface area contributed by atoms with Crippen LogP contribution in [-0.2, 0) is 0 Å². The van der Waals surface area contributed by atoms with Crippen LogP contribution in [0, 0.1) is 0 Å². The average Bonchev–Trinajstić information content (AvgIpc) is 2.68. The topological polar surface area (TPSA) is 81.8 Å². The molecule has 15 heavy (non-hydrogen) atoms. The van der Waals surface area contributed by atoms with Gasteiger partial charge in [-0.3, -0.25) is 4.79 Å². The van der Waals surface area contributed by atoms with Crippen LogP contribution in [0.2, 0.25) is 0 Å². The van der Waals surface area contributed by atoms with Crippen molar-refractivity contribution in [3.05, 3.63) is 29.7 Å². The number of aromatic nitrogens is 3. The second-order valence-electron chi connectivity index (χ2n) is 2.48. The van der Waals surface area contributed by atoms with Gasteiger partial charge in [0.2, 0.25) is 0 Å². The first-order chi connectivity index (χ1) is 7.25. The fourth-order valence-electron chi connectivity index (χ4n) is 0.849. The van der Waals surface area contributed by atoms with Crippen molar-refractivity contribution in [3.63, 3.8) is 0 Å². The Kier molecular flexibility index (Phi) is 2.93. The highest BCUT2D eigenvalue weighted by molar-refractivity contribution is 8.01. The van der Waals surface area contributed by atoms with E-state index in [4.69, 9.17) is 5.73 Å². The third kappa shape index (κ3) is 2.51. The van der Waals surface area contributed by atoms with Crippen LogP contribution in [0.5, 0.6) is 0 Å². The van der Waals surface area contributed by atoms with Crippen LogP contribution in [0.1, 0.15) is 9.80 Å². The van der Waals surface area contributed by atoms with E-state index in [0.29, 0.717) is 10.2 Å². The molecule has 2 heterocycles. The zero-order valence-electron chi connectivity index (χ0n) is 7.45. The van der Waals surface area contributed by atoms with Crippen molar-refractivity contribution in [2.75, 3.05) is 0 Å². The van der Waals surface area contributed by atoms with E-state index in [2.05, 4.69) is 15.0 Å². The first kappa shape index (κ1) is 10.1. The summed E-state index contributed by atoms with van der Waals surface area (Å²) < 4.78 is 0.843. The Bertz CT molecular complexity index is 471. The largest absolute Gasteiger partial charge is 0.364 e. The average molecular weight is 238 g/mol. The van der Waals surface area contributed by atoms with E-state index in [1.165, 1.54) is 23.1 Å². The van der Waals surface area contributed by atoms with Crippen molar-refractivity contribution < 1.29 is 4.79 Å². The van der Waals surface area contributed by atoms with Crippen LogP contribution in [0.4, 0.5) is 0 Å². The molecule has 0 unspecified atom stereocenters. The van der Waals surface area contributed by atoms with Gasteiger partial charge in [0.05, 0.1) is 10.4 Å². The molecule has 2 N–H and O–H groups in total. The standard InChI is InChI=1S/C8H6N4OS2/c9-6(13)7-12-4-5(14-7)15-8-10-2-1-3-11-8/h1-4H,(H2,9,13). The number of hydrogen-bond acceptors (Lipinski definition) is 6.